The van der Waals surface area contributed by atoms with E-state index < -0.39 is 24.5 Å². The van der Waals surface area contributed by atoms with Crippen molar-refractivity contribution in [2.24, 2.45) is 0 Å². The summed E-state index contributed by atoms with van der Waals surface area (Å²) in [5.74, 6) is 0.266. The summed E-state index contributed by atoms with van der Waals surface area (Å²) in [5, 5.41) is 19.9. The highest BCUT2D eigenvalue weighted by Gasteiger charge is 2.43. The van der Waals surface area contributed by atoms with E-state index in [-0.39, 0.29) is 5.82 Å². The Morgan fingerprint density at radius 1 is 1.32 bits per heavy atom. The molecule has 2 aromatic heterocycles. The molecular formula is C10H12IN5O3. The van der Waals surface area contributed by atoms with Gasteiger partial charge >= 0.3 is 0 Å². The Kier molecular flexibility index (Phi) is 3.28. The van der Waals surface area contributed by atoms with Crippen LogP contribution in [0.2, 0.25) is 0 Å². The summed E-state index contributed by atoms with van der Waals surface area (Å²) in [4.78, 5) is 12.1. The van der Waals surface area contributed by atoms with Crippen LogP contribution in [0.1, 0.15) is 6.23 Å². The molecule has 3 rings (SSSR count). The first-order valence-corrected chi connectivity index (χ1v) is 7.16. The summed E-state index contributed by atoms with van der Waals surface area (Å²) in [6, 6.07) is 0. The number of nitrogens with zero attached hydrogens (tertiary/aromatic N) is 4. The number of hydrogen-bond acceptors (Lipinski definition) is 7. The standard InChI is InChI=1S/C10H12IN5O3/c11-1-4-6(17)7(18)10(19-4)16-3-15-5-8(12)13-2-14-9(5)16/h2-4,6-7,10,17-18H,1H2,(H2,12,13,14)/t4-,6-,7-,10?/m1/s1. The van der Waals surface area contributed by atoms with E-state index in [0.29, 0.717) is 15.6 Å². The lowest BCUT2D eigenvalue weighted by Crippen LogP contribution is -2.32. The first-order chi connectivity index (χ1) is 9.13. The first-order valence-electron chi connectivity index (χ1n) is 5.64. The molecule has 0 saturated carbocycles. The van der Waals surface area contributed by atoms with E-state index in [0.717, 1.165) is 0 Å². The topological polar surface area (TPSA) is 119 Å². The maximum atomic E-state index is 10.1. The predicted molar refractivity (Wildman–Crippen MR) is 74.5 cm³/mol. The van der Waals surface area contributed by atoms with Gasteiger partial charge in [-0.3, -0.25) is 4.57 Å². The number of imidazole rings is 1. The molecule has 8 nitrogen and oxygen atoms in total. The molecule has 1 saturated heterocycles. The van der Waals surface area contributed by atoms with Gasteiger partial charge in [-0.15, -0.1) is 0 Å². The van der Waals surface area contributed by atoms with Gasteiger partial charge in [0.2, 0.25) is 0 Å². The molecule has 19 heavy (non-hydrogen) atoms. The molecule has 1 unspecified atom stereocenters. The van der Waals surface area contributed by atoms with Gasteiger partial charge in [0, 0.05) is 4.43 Å². The van der Waals surface area contributed by atoms with E-state index in [1.165, 1.54) is 12.7 Å². The molecule has 4 atom stereocenters. The van der Waals surface area contributed by atoms with Gasteiger partial charge in [-0.1, -0.05) is 22.6 Å². The number of nitrogen functional groups attached to an aromatic ring is 1. The highest BCUT2D eigenvalue weighted by Crippen LogP contribution is 2.32. The molecule has 1 fully saturated rings. The average molecular weight is 377 g/mol. The fourth-order valence-corrected chi connectivity index (χ4v) is 2.87. The molecule has 0 radical (unpaired) electrons. The Hall–Kier alpha value is -1.04. The van der Waals surface area contributed by atoms with Crippen molar-refractivity contribution in [3.8, 4) is 0 Å². The lowest BCUT2D eigenvalue weighted by Gasteiger charge is -2.16. The largest absolute Gasteiger partial charge is 0.387 e. The molecule has 0 amide bonds. The second kappa shape index (κ2) is 4.81. The van der Waals surface area contributed by atoms with Gasteiger partial charge in [0.1, 0.15) is 24.1 Å². The van der Waals surface area contributed by atoms with E-state index in [9.17, 15) is 10.2 Å². The zero-order valence-electron chi connectivity index (χ0n) is 9.72. The van der Waals surface area contributed by atoms with Crippen molar-refractivity contribution >= 4 is 39.6 Å². The highest BCUT2D eigenvalue weighted by atomic mass is 127. The third-order valence-corrected chi connectivity index (χ3v) is 4.02. The molecule has 0 aromatic carbocycles. The fraction of sp³-hybridized carbons (Fsp3) is 0.500. The normalized spacial score (nSPS) is 31.1. The number of aliphatic hydroxyl groups excluding tert-OH is 2. The molecule has 9 heteroatoms. The van der Waals surface area contributed by atoms with E-state index in [4.69, 9.17) is 10.5 Å². The van der Waals surface area contributed by atoms with Gasteiger partial charge in [-0.25, -0.2) is 15.0 Å². The smallest absolute Gasteiger partial charge is 0.167 e. The Labute approximate surface area is 121 Å². The van der Waals surface area contributed by atoms with Gasteiger partial charge in [-0.05, 0) is 0 Å². The summed E-state index contributed by atoms with van der Waals surface area (Å²) in [7, 11) is 0. The van der Waals surface area contributed by atoms with E-state index in [1.54, 1.807) is 4.57 Å². The zero-order chi connectivity index (χ0) is 13.6. The van der Waals surface area contributed by atoms with Crippen LogP contribution in [0.3, 0.4) is 0 Å². The van der Waals surface area contributed by atoms with Crippen molar-refractivity contribution in [3.05, 3.63) is 12.7 Å². The average Bonchev–Trinajstić information content (AvgIpc) is 2.94. The van der Waals surface area contributed by atoms with Crippen LogP contribution >= 0.6 is 22.6 Å². The summed E-state index contributed by atoms with van der Waals surface area (Å²) in [6.07, 6.45) is -0.312. The molecule has 4 N–H and O–H groups in total. The quantitative estimate of drug-likeness (QED) is 0.475. The summed E-state index contributed by atoms with van der Waals surface area (Å²) >= 11 is 2.10. The number of hydrogen-bond donors (Lipinski definition) is 3. The number of halogens is 1. The van der Waals surface area contributed by atoms with Gasteiger partial charge in [0.25, 0.3) is 0 Å². The van der Waals surface area contributed by atoms with E-state index >= 15 is 0 Å². The number of alkyl halides is 1. The number of rotatable bonds is 2. The van der Waals surface area contributed by atoms with Crippen LogP contribution in [-0.2, 0) is 4.74 Å². The van der Waals surface area contributed by atoms with Crippen LogP contribution in [-0.4, -0.2) is 52.5 Å². The summed E-state index contributed by atoms with van der Waals surface area (Å²) in [6.45, 7) is 0. The summed E-state index contributed by atoms with van der Waals surface area (Å²) < 4.78 is 7.78. The van der Waals surface area contributed by atoms with Crippen LogP contribution in [0.25, 0.3) is 11.2 Å². The molecule has 0 bridgehead atoms. The Morgan fingerprint density at radius 3 is 2.79 bits per heavy atom. The van der Waals surface area contributed by atoms with Gasteiger partial charge in [0.05, 0.1) is 12.4 Å². The minimum Gasteiger partial charge on any atom is -0.387 e. The Balaban J connectivity index is 2.04. The van der Waals surface area contributed by atoms with Crippen molar-refractivity contribution in [2.75, 3.05) is 10.2 Å². The second-order valence-corrected chi connectivity index (χ2v) is 5.16. The van der Waals surface area contributed by atoms with Crippen LogP contribution in [0, 0.1) is 0 Å². The number of fused-ring (bicyclic) bond motifs is 1. The number of aliphatic hydroxyl groups is 2. The van der Waals surface area contributed by atoms with Crippen LogP contribution < -0.4 is 5.73 Å². The zero-order valence-corrected chi connectivity index (χ0v) is 11.9. The minimum absolute atomic E-state index is 0.266. The fourth-order valence-electron chi connectivity index (χ4n) is 2.14. The molecular weight excluding hydrogens is 365 g/mol. The lowest BCUT2D eigenvalue weighted by atomic mass is 10.1. The number of anilines is 1. The number of nitrogens with two attached hydrogens (primary N) is 1. The van der Waals surface area contributed by atoms with Gasteiger partial charge in [0.15, 0.2) is 17.7 Å². The third-order valence-electron chi connectivity index (χ3n) is 3.15. The molecule has 3 heterocycles. The van der Waals surface area contributed by atoms with Gasteiger partial charge in [-0.2, -0.15) is 0 Å². The van der Waals surface area contributed by atoms with Gasteiger partial charge < -0.3 is 20.7 Å². The van der Waals surface area contributed by atoms with E-state index in [2.05, 4.69) is 37.5 Å². The summed E-state index contributed by atoms with van der Waals surface area (Å²) in [5.41, 5.74) is 6.62. The first kappa shape index (κ1) is 13.0. The predicted octanol–water partition coefficient (Wildman–Crippen LogP) is -0.537. The van der Waals surface area contributed by atoms with Crippen LogP contribution in [0.15, 0.2) is 12.7 Å². The van der Waals surface area contributed by atoms with E-state index in [1.807, 2.05) is 0 Å². The number of ether oxygens (including phenoxy) is 1. The van der Waals surface area contributed by atoms with Crippen LogP contribution in [0.4, 0.5) is 5.82 Å². The second-order valence-electron chi connectivity index (χ2n) is 4.28. The lowest BCUT2D eigenvalue weighted by molar-refractivity contribution is -0.0283. The molecule has 1 aliphatic rings. The maximum Gasteiger partial charge on any atom is 0.167 e. The molecule has 2 aromatic rings. The third kappa shape index (κ3) is 1.96. The molecule has 1 aliphatic heterocycles. The van der Waals surface area contributed by atoms with Crippen LogP contribution in [0.5, 0.6) is 0 Å². The highest BCUT2D eigenvalue weighted by molar-refractivity contribution is 14.1. The van der Waals surface area contributed by atoms with Crippen molar-refractivity contribution < 1.29 is 14.9 Å². The van der Waals surface area contributed by atoms with Crippen molar-refractivity contribution in [1.82, 2.24) is 19.5 Å². The van der Waals surface area contributed by atoms with Crippen molar-refractivity contribution in [3.63, 3.8) is 0 Å². The van der Waals surface area contributed by atoms with Crippen molar-refractivity contribution in [1.29, 1.82) is 0 Å². The Morgan fingerprint density at radius 2 is 2.11 bits per heavy atom. The minimum atomic E-state index is -1.03. The van der Waals surface area contributed by atoms with Crippen molar-refractivity contribution in [2.45, 2.75) is 24.5 Å². The molecule has 102 valence electrons. The Bertz CT molecular complexity index is 606. The molecule has 0 spiro atoms. The number of aromatic nitrogens is 4. The SMILES string of the molecule is Nc1ncnc2c1ncn2C1O[C@H](CI)[C@@H](O)[C@H]1O. The monoisotopic (exact) mass is 377 g/mol. The molecule has 0 aliphatic carbocycles. The maximum absolute atomic E-state index is 10.1.